The van der Waals surface area contributed by atoms with Crippen molar-refractivity contribution >= 4 is 17.7 Å². The summed E-state index contributed by atoms with van der Waals surface area (Å²) in [5.74, 6) is -0.992. The van der Waals surface area contributed by atoms with Crippen molar-refractivity contribution in [2.24, 2.45) is 0 Å². The van der Waals surface area contributed by atoms with E-state index in [2.05, 4.69) is 0 Å². The fourth-order valence-electron chi connectivity index (χ4n) is 1.22. The minimum atomic E-state index is -0.992. The zero-order valence-electron chi connectivity index (χ0n) is 7.80. The largest absolute Gasteiger partial charge is 0.481 e. The molecule has 0 unspecified atom stereocenters. The molecule has 0 aliphatic carbocycles. The summed E-state index contributed by atoms with van der Waals surface area (Å²) < 4.78 is 0. The Morgan fingerprint density at radius 2 is 2.14 bits per heavy atom. The highest BCUT2D eigenvalue weighted by Crippen LogP contribution is 2.27. The predicted octanol–water partition coefficient (Wildman–Crippen LogP) is 1.92. The van der Waals surface area contributed by atoms with Crippen molar-refractivity contribution in [2.45, 2.75) is 17.4 Å². The number of aliphatic carboxylic acids is 1. The molecular weight excluding hydrogens is 200 g/mol. The first-order valence-corrected chi connectivity index (χ1v) is 5.40. The lowest BCUT2D eigenvalue weighted by Gasteiger charge is -2.11. The van der Waals surface area contributed by atoms with Crippen molar-refractivity contribution in [1.29, 1.82) is 0 Å². The van der Waals surface area contributed by atoms with Crippen molar-refractivity contribution in [3.63, 3.8) is 0 Å². The van der Waals surface area contributed by atoms with Gasteiger partial charge < -0.3 is 10.2 Å². The van der Waals surface area contributed by atoms with E-state index < -0.39 is 12.1 Å². The first-order valence-electron chi connectivity index (χ1n) is 4.18. The number of carboxylic acid groups (broad SMARTS) is 1. The molecular formula is C10H12O3S. The summed E-state index contributed by atoms with van der Waals surface area (Å²) in [7, 11) is 0. The minimum Gasteiger partial charge on any atom is -0.481 e. The smallest absolute Gasteiger partial charge is 0.306 e. The van der Waals surface area contributed by atoms with E-state index in [0.29, 0.717) is 5.56 Å². The molecule has 0 saturated heterocycles. The summed E-state index contributed by atoms with van der Waals surface area (Å²) >= 11 is 1.50. The molecule has 1 rings (SSSR count). The summed E-state index contributed by atoms with van der Waals surface area (Å²) in [4.78, 5) is 11.3. The number of hydrogen-bond donors (Lipinski definition) is 2. The molecule has 0 spiro atoms. The molecule has 0 bridgehead atoms. The van der Waals surface area contributed by atoms with Crippen LogP contribution < -0.4 is 0 Å². The molecule has 0 fully saturated rings. The summed E-state index contributed by atoms with van der Waals surface area (Å²) in [6, 6.07) is 7.27. The second-order valence-electron chi connectivity index (χ2n) is 2.86. The molecule has 0 aliphatic heterocycles. The van der Waals surface area contributed by atoms with Crippen LogP contribution in [0, 0.1) is 0 Å². The van der Waals surface area contributed by atoms with E-state index in [1.54, 1.807) is 12.1 Å². The van der Waals surface area contributed by atoms with Crippen LogP contribution in [-0.2, 0) is 4.79 Å². The van der Waals surface area contributed by atoms with Gasteiger partial charge in [0.1, 0.15) is 0 Å². The average molecular weight is 212 g/mol. The number of thioether (sulfide) groups is 1. The lowest BCUT2D eigenvalue weighted by molar-refractivity contribution is -0.139. The van der Waals surface area contributed by atoms with Gasteiger partial charge in [-0.15, -0.1) is 11.8 Å². The van der Waals surface area contributed by atoms with Crippen LogP contribution in [0.3, 0.4) is 0 Å². The lowest BCUT2D eigenvalue weighted by atomic mass is 10.1. The van der Waals surface area contributed by atoms with Gasteiger partial charge in [-0.25, -0.2) is 0 Å². The molecule has 0 amide bonds. The second kappa shape index (κ2) is 5.02. The van der Waals surface area contributed by atoms with Gasteiger partial charge in [-0.05, 0) is 17.9 Å². The highest BCUT2D eigenvalue weighted by molar-refractivity contribution is 7.98. The molecule has 0 aliphatic rings. The highest BCUT2D eigenvalue weighted by Gasteiger charge is 2.14. The van der Waals surface area contributed by atoms with Gasteiger partial charge in [0.25, 0.3) is 0 Å². The fourth-order valence-corrected chi connectivity index (χ4v) is 1.87. The Morgan fingerprint density at radius 1 is 1.50 bits per heavy atom. The van der Waals surface area contributed by atoms with Crippen molar-refractivity contribution in [1.82, 2.24) is 0 Å². The standard InChI is InChI=1S/C10H12O3S/c1-14-9-5-3-2-4-7(9)8(11)6-10(12)13/h2-5,8,11H,6H2,1H3,(H,12,13)/t8-/m0/s1. The molecule has 0 heterocycles. The van der Waals surface area contributed by atoms with Gasteiger partial charge in [-0.1, -0.05) is 18.2 Å². The van der Waals surface area contributed by atoms with Crippen LogP contribution in [0.5, 0.6) is 0 Å². The molecule has 4 heteroatoms. The van der Waals surface area contributed by atoms with Crippen LogP contribution in [0.2, 0.25) is 0 Å². The van der Waals surface area contributed by atoms with Gasteiger partial charge in [-0.2, -0.15) is 0 Å². The Balaban J connectivity index is 2.87. The molecule has 3 nitrogen and oxygen atoms in total. The second-order valence-corrected chi connectivity index (χ2v) is 3.70. The molecule has 2 N–H and O–H groups in total. The van der Waals surface area contributed by atoms with Gasteiger partial charge in [0.2, 0.25) is 0 Å². The van der Waals surface area contributed by atoms with E-state index in [4.69, 9.17) is 5.11 Å². The van der Waals surface area contributed by atoms with Crippen LogP contribution in [0.25, 0.3) is 0 Å². The molecule has 0 aromatic heterocycles. The fraction of sp³-hybridized carbons (Fsp3) is 0.300. The molecule has 76 valence electrons. The maximum Gasteiger partial charge on any atom is 0.306 e. The van der Waals surface area contributed by atoms with Gasteiger partial charge >= 0.3 is 5.97 Å². The Bertz CT molecular complexity index is 325. The van der Waals surface area contributed by atoms with E-state index in [-0.39, 0.29) is 6.42 Å². The van der Waals surface area contributed by atoms with Gasteiger partial charge in [0.15, 0.2) is 0 Å². The van der Waals surface area contributed by atoms with Crippen molar-refractivity contribution in [2.75, 3.05) is 6.26 Å². The lowest BCUT2D eigenvalue weighted by Crippen LogP contribution is -2.06. The Hall–Kier alpha value is -1.00. The number of benzene rings is 1. The average Bonchev–Trinajstić information content (AvgIpc) is 2.16. The molecule has 14 heavy (non-hydrogen) atoms. The van der Waals surface area contributed by atoms with Crippen molar-refractivity contribution in [3.8, 4) is 0 Å². The van der Waals surface area contributed by atoms with Crippen LogP contribution in [-0.4, -0.2) is 22.4 Å². The molecule has 0 saturated carbocycles. The normalized spacial score (nSPS) is 12.4. The number of aliphatic hydroxyl groups excluding tert-OH is 1. The van der Waals surface area contributed by atoms with E-state index in [1.807, 2.05) is 18.4 Å². The van der Waals surface area contributed by atoms with E-state index in [0.717, 1.165) is 4.90 Å². The summed E-state index contributed by atoms with van der Waals surface area (Å²) in [5.41, 5.74) is 0.683. The summed E-state index contributed by atoms with van der Waals surface area (Å²) in [6.45, 7) is 0. The zero-order chi connectivity index (χ0) is 10.6. The van der Waals surface area contributed by atoms with Crippen LogP contribution in [0.1, 0.15) is 18.1 Å². The molecule has 0 radical (unpaired) electrons. The monoisotopic (exact) mass is 212 g/mol. The molecule has 1 aromatic rings. The number of carbonyl (C=O) groups is 1. The number of rotatable bonds is 4. The number of aliphatic hydroxyl groups is 1. The molecule has 1 aromatic carbocycles. The van der Waals surface area contributed by atoms with E-state index in [9.17, 15) is 9.90 Å². The zero-order valence-corrected chi connectivity index (χ0v) is 8.62. The van der Waals surface area contributed by atoms with Crippen LogP contribution in [0.4, 0.5) is 0 Å². The van der Waals surface area contributed by atoms with Gasteiger partial charge in [-0.3, -0.25) is 4.79 Å². The Kier molecular flexibility index (Phi) is 3.98. The third kappa shape index (κ3) is 2.75. The summed E-state index contributed by atoms with van der Waals surface area (Å²) in [6.07, 6.45) is 0.723. The van der Waals surface area contributed by atoms with E-state index in [1.165, 1.54) is 11.8 Å². The Labute approximate surface area is 86.8 Å². The third-order valence-electron chi connectivity index (χ3n) is 1.87. The number of carboxylic acids is 1. The van der Waals surface area contributed by atoms with E-state index >= 15 is 0 Å². The minimum absolute atomic E-state index is 0.252. The highest BCUT2D eigenvalue weighted by atomic mass is 32.2. The van der Waals surface area contributed by atoms with Crippen molar-refractivity contribution < 1.29 is 15.0 Å². The summed E-state index contributed by atoms with van der Waals surface area (Å²) in [5, 5.41) is 18.2. The quantitative estimate of drug-likeness (QED) is 0.749. The van der Waals surface area contributed by atoms with Crippen molar-refractivity contribution in [3.05, 3.63) is 29.8 Å². The maximum atomic E-state index is 10.4. The predicted molar refractivity (Wildman–Crippen MR) is 55.4 cm³/mol. The maximum absolute atomic E-state index is 10.4. The topological polar surface area (TPSA) is 57.5 Å². The number of hydrogen-bond acceptors (Lipinski definition) is 3. The first-order chi connectivity index (χ1) is 6.65. The third-order valence-corrected chi connectivity index (χ3v) is 2.68. The SMILES string of the molecule is CSc1ccccc1[C@@H](O)CC(=O)O. The van der Waals surface area contributed by atoms with Crippen LogP contribution in [0.15, 0.2) is 29.2 Å². The first kappa shape index (κ1) is 11.1. The molecule has 1 atom stereocenters. The Morgan fingerprint density at radius 3 is 2.71 bits per heavy atom. The van der Waals surface area contributed by atoms with Gasteiger partial charge in [0, 0.05) is 4.90 Å². The van der Waals surface area contributed by atoms with Crippen LogP contribution >= 0.6 is 11.8 Å². The van der Waals surface area contributed by atoms with Gasteiger partial charge in [0.05, 0.1) is 12.5 Å².